The highest BCUT2D eigenvalue weighted by atomic mass is 35.5. The summed E-state index contributed by atoms with van der Waals surface area (Å²) in [5, 5.41) is 3.15. The first-order chi connectivity index (χ1) is 13.1. The van der Waals surface area contributed by atoms with Crippen LogP contribution < -0.4 is 5.32 Å². The number of esters is 1. The fourth-order valence-corrected chi connectivity index (χ4v) is 3.08. The molecule has 7 nitrogen and oxygen atoms in total. The molecule has 0 bridgehead atoms. The summed E-state index contributed by atoms with van der Waals surface area (Å²) >= 11 is 6.14. The fraction of sp³-hybridized carbons (Fsp3) is 0.316. The molecule has 1 aliphatic heterocycles. The van der Waals surface area contributed by atoms with Crippen molar-refractivity contribution in [3.05, 3.63) is 58.9 Å². The van der Waals surface area contributed by atoms with Gasteiger partial charge in [0.05, 0.1) is 23.4 Å². The minimum absolute atomic E-state index is 0.234. The largest absolute Gasteiger partial charge is 0.465 e. The maximum absolute atomic E-state index is 12.5. The number of benzene rings is 1. The summed E-state index contributed by atoms with van der Waals surface area (Å²) in [7, 11) is 1.31. The molecule has 1 N–H and O–H groups in total. The lowest BCUT2D eigenvalue weighted by molar-refractivity contribution is 0.0600. The highest BCUT2D eigenvalue weighted by Crippen LogP contribution is 2.24. The standard InChI is InChI=1S/C19H21ClN4O3/c1-27-18(25)15-2-3-16(20)17(12-15)22-19(26)24-10-8-23(9-11-24)13-14-4-6-21-7-5-14/h2-7,12H,8-11,13H2,1H3,(H,22,26). The van der Waals surface area contributed by atoms with Gasteiger partial charge in [-0.1, -0.05) is 11.6 Å². The van der Waals surface area contributed by atoms with Gasteiger partial charge >= 0.3 is 12.0 Å². The molecule has 1 aromatic carbocycles. The zero-order valence-electron chi connectivity index (χ0n) is 15.0. The molecule has 142 valence electrons. The number of amides is 2. The van der Waals surface area contributed by atoms with Gasteiger partial charge in [-0.25, -0.2) is 9.59 Å². The van der Waals surface area contributed by atoms with Crippen molar-refractivity contribution in [1.82, 2.24) is 14.8 Å². The van der Waals surface area contributed by atoms with Crippen LogP contribution in [0.15, 0.2) is 42.7 Å². The zero-order valence-corrected chi connectivity index (χ0v) is 15.8. The van der Waals surface area contributed by atoms with E-state index in [-0.39, 0.29) is 6.03 Å². The molecule has 1 aliphatic rings. The summed E-state index contributed by atoms with van der Waals surface area (Å²) in [6.45, 7) is 3.64. The van der Waals surface area contributed by atoms with E-state index in [1.54, 1.807) is 29.4 Å². The van der Waals surface area contributed by atoms with Crippen molar-refractivity contribution in [3.63, 3.8) is 0 Å². The number of hydrogen-bond acceptors (Lipinski definition) is 5. The number of aromatic nitrogens is 1. The quantitative estimate of drug-likeness (QED) is 0.815. The molecule has 1 fully saturated rings. The van der Waals surface area contributed by atoms with Crippen LogP contribution in [0.2, 0.25) is 5.02 Å². The molecule has 2 aromatic rings. The Morgan fingerprint density at radius 3 is 2.52 bits per heavy atom. The number of pyridine rings is 1. The molecule has 0 atom stereocenters. The van der Waals surface area contributed by atoms with Gasteiger partial charge in [-0.3, -0.25) is 9.88 Å². The molecular formula is C19H21ClN4O3. The maximum Gasteiger partial charge on any atom is 0.337 e. The van der Waals surface area contributed by atoms with Gasteiger partial charge in [-0.05, 0) is 35.9 Å². The molecule has 0 spiro atoms. The van der Waals surface area contributed by atoms with Crippen molar-refractivity contribution in [2.75, 3.05) is 38.6 Å². The van der Waals surface area contributed by atoms with Gasteiger partial charge in [0.25, 0.3) is 0 Å². The maximum atomic E-state index is 12.5. The van der Waals surface area contributed by atoms with Crippen LogP contribution in [0, 0.1) is 0 Å². The molecule has 2 heterocycles. The van der Waals surface area contributed by atoms with Gasteiger partial charge < -0.3 is 15.0 Å². The molecule has 0 unspecified atom stereocenters. The van der Waals surface area contributed by atoms with Crippen LogP contribution in [-0.4, -0.2) is 60.1 Å². The number of carbonyl (C=O) groups excluding carboxylic acids is 2. The summed E-state index contributed by atoms with van der Waals surface area (Å²) in [6.07, 6.45) is 3.57. The molecule has 2 amide bonds. The second kappa shape index (κ2) is 8.83. The van der Waals surface area contributed by atoms with E-state index in [9.17, 15) is 9.59 Å². The lowest BCUT2D eigenvalue weighted by Gasteiger charge is -2.34. The topological polar surface area (TPSA) is 74.8 Å². The van der Waals surface area contributed by atoms with Crippen molar-refractivity contribution < 1.29 is 14.3 Å². The third kappa shape index (κ3) is 4.96. The fourth-order valence-electron chi connectivity index (χ4n) is 2.92. The summed E-state index contributed by atoms with van der Waals surface area (Å²) < 4.78 is 4.70. The Labute approximate surface area is 162 Å². The molecule has 8 heteroatoms. The predicted octanol–water partition coefficient (Wildman–Crippen LogP) is 2.87. The molecule has 0 aliphatic carbocycles. The molecule has 27 heavy (non-hydrogen) atoms. The van der Waals surface area contributed by atoms with Gasteiger partial charge in [-0.2, -0.15) is 0 Å². The third-order valence-corrected chi connectivity index (χ3v) is 4.77. The Balaban J connectivity index is 1.56. The number of hydrogen-bond donors (Lipinski definition) is 1. The number of nitrogens with zero attached hydrogens (tertiary/aromatic N) is 3. The summed E-state index contributed by atoms with van der Waals surface area (Å²) in [5.74, 6) is -0.480. The summed E-state index contributed by atoms with van der Waals surface area (Å²) in [4.78, 5) is 32.3. The number of methoxy groups -OCH3 is 1. The van der Waals surface area contributed by atoms with Gasteiger partial charge in [0.1, 0.15) is 0 Å². The van der Waals surface area contributed by atoms with Crippen LogP contribution in [0.5, 0.6) is 0 Å². The first-order valence-electron chi connectivity index (χ1n) is 8.62. The first kappa shape index (κ1) is 19.1. The molecule has 3 rings (SSSR count). The molecule has 1 aromatic heterocycles. The molecule has 0 radical (unpaired) electrons. The van der Waals surface area contributed by atoms with Crippen LogP contribution in [0.4, 0.5) is 10.5 Å². The van der Waals surface area contributed by atoms with Crippen LogP contribution >= 0.6 is 11.6 Å². The average Bonchev–Trinajstić information content (AvgIpc) is 2.70. The van der Waals surface area contributed by atoms with E-state index < -0.39 is 5.97 Å². The highest BCUT2D eigenvalue weighted by molar-refractivity contribution is 6.33. The summed E-state index contributed by atoms with van der Waals surface area (Å²) in [6, 6.07) is 8.40. The van der Waals surface area contributed by atoms with Crippen LogP contribution in [0.1, 0.15) is 15.9 Å². The van der Waals surface area contributed by atoms with Gasteiger partial charge in [0.15, 0.2) is 0 Å². The van der Waals surface area contributed by atoms with E-state index >= 15 is 0 Å². The van der Waals surface area contributed by atoms with Gasteiger partial charge in [0, 0.05) is 45.1 Å². The lowest BCUT2D eigenvalue weighted by Crippen LogP contribution is -2.49. The number of ether oxygens (including phenoxy) is 1. The lowest BCUT2D eigenvalue weighted by atomic mass is 10.2. The minimum atomic E-state index is -0.480. The van der Waals surface area contributed by atoms with Crippen molar-refractivity contribution in [1.29, 1.82) is 0 Å². The van der Waals surface area contributed by atoms with Crippen molar-refractivity contribution in [2.24, 2.45) is 0 Å². The first-order valence-corrected chi connectivity index (χ1v) is 8.99. The Morgan fingerprint density at radius 2 is 1.85 bits per heavy atom. The molecular weight excluding hydrogens is 368 g/mol. The number of anilines is 1. The van der Waals surface area contributed by atoms with E-state index in [0.717, 1.165) is 19.6 Å². The second-order valence-electron chi connectivity index (χ2n) is 6.24. The highest BCUT2D eigenvalue weighted by Gasteiger charge is 2.22. The van der Waals surface area contributed by atoms with Crippen molar-refractivity contribution >= 4 is 29.3 Å². The summed E-state index contributed by atoms with van der Waals surface area (Å²) in [5.41, 5.74) is 1.93. The second-order valence-corrected chi connectivity index (χ2v) is 6.64. The van der Waals surface area contributed by atoms with Gasteiger partial charge in [-0.15, -0.1) is 0 Å². The number of piperazine rings is 1. The Hall–Kier alpha value is -2.64. The SMILES string of the molecule is COC(=O)c1ccc(Cl)c(NC(=O)N2CCN(Cc3ccncc3)CC2)c1. The van der Waals surface area contributed by atoms with E-state index in [4.69, 9.17) is 16.3 Å². The van der Waals surface area contributed by atoms with E-state index in [2.05, 4.69) is 15.2 Å². The van der Waals surface area contributed by atoms with Crippen LogP contribution in [0.25, 0.3) is 0 Å². The monoisotopic (exact) mass is 388 g/mol. The molecule has 1 saturated heterocycles. The Kier molecular flexibility index (Phi) is 6.26. The van der Waals surface area contributed by atoms with Crippen molar-refractivity contribution in [2.45, 2.75) is 6.54 Å². The number of urea groups is 1. The average molecular weight is 389 g/mol. The number of rotatable bonds is 4. The van der Waals surface area contributed by atoms with Crippen molar-refractivity contribution in [3.8, 4) is 0 Å². The van der Waals surface area contributed by atoms with Crippen LogP contribution in [-0.2, 0) is 11.3 Å². The predicted molar refractivity (Wildman–Crippen MR) is 103 cm³/mol. The smallest absolute Gasteiger partial charge is 0.337 e. The number of halogens is 1. The third-order valence-electron chi connectivity index (χ3n) is 4.44. The Bertz CT molecular complexity index is 808. The number of carbonyl (C=O) groups is 2. The minimum Gasteiger partial charge on any atom is -0.465 e. The van der Waals surface area contributed by atoms with E-state index in [1.807, 2.05) is 12.1 Å². The van der Waals surface area contributed by atoms with E-state index in [0.29, 0.717) is 29.4 Å². The van der Waals surface area contributed by atoms with E-state index in [1.165, 1.54) is 18.7 Å². The zero-order chi connectivity index (χ0) is 19.2. The normalized spacial score (nSPS) is 14.7. The number of nitrogens with one attached hydrogen (secondary N) is 1. The Morgan fingerprint density at radius 1 is 1.15 bits per heavy atom. The van der Waals surface area contributed by atoms with Gasteiger partial charge in [0.2, 0.25) is 0 Å². The molecule has 0 saturated carbocycles. The van der Waals surface area contributed by atoms with Crippen LogP contribution in [0.3, 0.4) is 0 Å².